The van der Waals surface area contributed by atoms with Gasteiger partial charge in [0.25, 0.3) is 5.56 Å². The van der Waals surface area contributed by atoms with Crippen LogP contribution in [0.4, 0.5) is 0 Å². The number of carbonyl (C=O) groups is 1. The molecule has 1 aromatic carbocycles. The standard InChI is InChI=1S/C18H14ClN5O3/c1-3-27-18(26)12-9-20-24-14-6-7-23(13-5-4-11(19)8-10(13)2)17(25)15(14)21-22-16(12)24/h4-9H,3H2,1-2H3. The van der Waals surface area contributed by atoms with Crippen molar-refractivity contribution in [3.63, 3.8) is 0 Å². The molecular formula is C18H14ClN5O3. The summed E-state index contributed by atoms with van der Waals surface area (Å²) in [5.74, 6) is -0.536. The van der Waals surface area contributed by atoms with Gasteiger partial charge in [-0.25, -0.2) is 9.31 Å². The second kappa shape index (κ2) is 6.48. The molecule has 3 aromatic heterocycles. The molecule has 0 aliphatic rings. The van der Waals surface area contributed by atoms with E-state index in [-0.39, 0.29) is 28.9 Å². The number of aromatic nitrogens is 5. The lowest BCUT2D eigenvalue weighted by Crippen LogP contribution is -2.21. The van der Waals surface area contributed by atoms with E-state index in [4.69, 9.17) is 16.3 Å². The third-order valence-corrected chi connectivity index (χ3v) is 4.41. The number of aryl methyl sites for hydroxylation is 1. The molecule has 0 aliphatic carbocycles. The lowest BCUT2D eigenvalue weighted by Gasteiger charge is -2.10. The first-order valence-corrected chi connectivity index (χ1v) is 8.58. The van der Waals surface area contributed by atoms with Gasteiger partial charge in [-0.05, 0) is 43.7 Å². The molecule has 0 N–H and O–H groups in total. The maximum Gasteiger partial charge on any atom is 0.343 e. The first-order chi connectivity index (χ1) is 13.0. The van der Waals surface area contributed by atoms with Gasteiger partial charge in [0.1, 0.15) is 11.1 Å². The van der Waals surface area contributed by atoms with Gasteiger partial charge in [0.05, 0.1) is 18.5 Å². The highest BCUT2D eigenvalue weighted by molar-refractivity contribution is 6.30. The zero-order valence-electron chi connectivity index (χ0n) is 14.5. The molecule has 0 fully saturated rings. The molecule has 136 valence electrons. The van der Waals surface area contributed by atoms with Crippen molar-refractivity contribution in [3.8, 4) is 5.69 Å². The van der Waals surface area contributed by atoms with Gasteiger partial charge < -0.3 is 4.74 Å². The van der Waals surface area contributed by atoms with Crippen LogP contribution in [0.25, 0.3) is 22.4 Å². The molecule has 0 saturated heterocycles. The predicted molar refractivity (Wildman–Crippen MR) is 99.6 cm³/mol. The molecule has 0 saturated carbocycles. The quantitative estimate of drug-likeness (QED) is 0.505. The average Bonchev–Trinajstić information content (AvgIpc) is 3.07. The van der Waals surface area contributed by atoms with Crippen molar-refractivity contribution in [2.75, 3.05) is 6.61 Å². The van der Waals surface area contributed by atoms with Crippen LogP contribution in [0.2, 0.25) is 5.02 Å². The van der Waals surface area contributed by atoms with Crippen molar-refractivity contribution in [2.24, 2.45) is 0 Å². The Morgan fingerprint density at radius 3 is 2.81 bits per heavy atom. The molecule has 0 unspecified atom stereocenters. The first kappa shape index (κ1) is 17.2. The molecule has 0 radical (unpaired) electrons. The van der Waals surface area contributed by atoms with Crippen molar-refractivity contribution in [3.05, 3.63) is 63.2 Å². The second-order valence-corrected chi connectivity index (χ2v) is 6.31. The highest BCUT2D eigenvalue weighted by atomic mass is 35.5. The number of fused-ring (bicyclic) bond motifs is 3. The SMILES string of the molecule is CCOC(=O)c1cnn2c1nnc1c(=O)n(-c3ccc(Cl)cc3C)ccc12. The molecule has 0 spiro atoms. The van der Waals surface area contributed by atoms with Gasteiger partial charge in [-0.1, -0.05) is 11.6 Å². The molecule has 27 heavy (non-hydrogen) atoms. The fourth-order valence-corrected chi connectivity index (χ4v) is 3.15. The lowest BCUT2D eigenvalue weighted by atomic mass is 10.2. The van der Waals surface area contributed by atoms with Crippen LogP contribution in [0.1, 0.15) is 22.8 Å². The number of hydrogen-bond acceptors (Lipinski definition) is 6. The Balaban J connectivity index is 1.93. The minimum absolute atomic E-state index is 0.137. The fraction of sp³-hybridized carbons (Fsp3) is 0.167. The molecule has 3 heterocycles. The maximum atomic E-state index is 12.9. The summed E-state index contributed by atoms with van der Waals surface area (Å²) in [6.45, 7) is 3.82. The van der Waals surface area contributed by atoms with Gasteiger partial charge in [0, 0.05) is 11.2 Å². The summed E-state index contributed by atoms with van der Waals surface area (Å²) in [7, 11) is 0. The summed E-state index contributed by atoms with van der Waals surface area (Å²) in [6, 6.07) is 6.97. The first-order valence-electron chi connectivity index (χ1n) is 8.20. The smallest absolute Gasteiger partial charge is 0.343 e. The summed E-state index contributed by atoms with van der Waals surface area (Å²) >= 11 is 6.00. The third kappa shape index (κ3) is 2.74. The molecule has 4 aromatic rings. The lowest BCUT2D eigenvalue weighted by molar-refractivity contribution is 0.0528. The van der Waals surface area contributed by atoms with Crippen LogP contribution in [0, 0.1) is 6.92 Å². The maximum absolute atomic E-state index is 12.9. The van der Waals surface area contributed by atoms with Crippen LogP contribution in [-0.4, -0.2) is 37.0 Å². The van der Waals surface area contributed by atoms with Gasteiger partial charge in [-0.15, -0.1) is 10.2 Å². The van der Waals surface area contributed by atoms with E-state index in [0.717, 1.165) is 5.56 Å². The highest BCUT2D eigenvalue weighted by Crippen LogP contribution is 2.19. The van der Waals surface area contributed by atoms with Crippen LogP contribution < -0.4 is 5.56 Å². The van der Waals surface area contributed by atoms with E-state index in [1.54, 1.807) is 37.4 Å². The summed E-state index contributed by atoms with van der Waals surface area (Å²) < 4.78 is 7.88. The van der Waals surface area contributed by atoms with Gasteiger partial charge >= 0.3 is 5.97 Å². The van der Waals surface area contributed by atoms with Gasteiger partial charge in [-0.3, -0.25) is 9.36 Å². The zero-order valence-corrected chi connectivity index (χ0v) is 15.3. The van der Waals surface area contributed by atoms with E-state index in [1.165, 1.54) is 15.3 Å². The number of esters is 1. The predicted octanol–water partition coefficient (Wildman–Crippen LogP) is 2.57. The van der Waals surface area contributed by atoms with E-state index >= 15 is 0 Å². The molecule has 4 rings (SSSR count). The van der Waals surface area contributed by atoms with E-state index in [2.05, 4.69) is 15.3 Å². The van der Waals surface area contributed by atoms with E-state index in [1.807, 2.05) is 6.92 Å². The van der Waals surface area contributed by atoms with Crippen molar-refractivity contribution in [1.29, 1.82) is 0 Å². The Labute approximate surface area is 158 Å². The number of rotatable bonds is 3. The normalized spacial score (nSPS) is 11.2. The Kier molecular flexibility index (Phi) is 4.12. The number of pyridine rings is 1. The van der Waals surface area contributed by atoms with Gasteiger partial charge in [-0.2, -0.15) is 5.10 Å². The monoisotopic (exact) mass is 383 g/mol. The molecule has 9 heteroatoms. The molecule has 0 aliphatic heterocycles. The average molecular weight is 384 g/mol. The molecule has 0 amide bonds. The number of ether oxygens (including phenoxy) is 1. The summed E-state index contributed by atoms with van der Waals surface area (Å²) in [5.41, 5.74) is 2.22. The van der Waals surface area contributed by atoms with Crippen molar-refractivity contribution >= 4 is 34.3 Å². The van der Waals surface area contributed by atoms with Crippen LogP contribution in [-0.2, 0) is 4.74 Å². The number of carbonyl (C=O) groups excluding carboxylic acids is 1. The zero-order chi connectivity index (χ0) is 19.1. The molecule has 0 atom stereocenters. The van der Waals surface area contributed by atoms with Gasteiger partial charge in [0.2, 0.25) is 0 Å². The highest BCUT2D eigenvalue weighted by Gasteiger charge is 2.19. The Morgan fingerprint density at radius 1 is 1.26 bits per heavy atom. The van der Waals surface area contributed by atoms with Crippen LogP contribution >= 0.6 is 11.6 Å². The second-order valence-electron chi connectivity index (χ2n) is 5.87. The van der Waals surface area contributed by atoms with Crippen molar-refractivity contribution < 1.29 is 9.53 Å². The summed E-state index contributed by atoms with van der Waals surface area (Å²) in [6.07, 6.45) is 2.99. The topological polar surface area (TPSA) is 91.4 Å². The Morgan fingerprint density at radius 2 is 2.07 bits per heavy atom. The Bertz CT molecular complexity index is 1260. The molecule has 8 nitrogen and oxygen atoms in total. The number of nitrogens with zero attached hydrogens (tertiary/aromatic N) is 5. The number of hydrogen-bond donors (Lipinski definition) is 0. The van der Waals surface area contributed by atoms with E-state index in [9.17, 15) is 9.59 Å². The van der Waals surface area contributed by atoms with Crippen molar-refractivity contribution in [2.45, 2.75) is 13.8 Å². The third-order valence-electron chi connectivity index (χ3n) is 4.18. The largest absolute Gasteiger partial charge is 0.462 e. The van der Waals surface area contributed by atoms with Gasteiger partial charge in [0.15, 0.2) is 11.2 Å². The molecule has 0 bridgehead atoms. The van der Waals surface area contributed by atoms with Crippen LogP contribution in [0.3, 0.4) is 0 Å². The number of halogens is 1. The fourth-order valence-electron chi connectivity index (χ4n) is 2.92. The van der Waals surface area contributed by atoms with Crippen molar-refractivity contribution in [1.82, 2.24) is 24.4 Å². The minimum Gasteiger partial charge on any atom is -0.462 e. The van der Waals surface area contributed by atoms with Crippen LogP contribution in [0.15, 0.2) is 41.5 Å². The van der Waals surface area contributed by atoms with E-state index in [0.29, 0.717) is 16.2 Å². The summed E-state index contributed by atoms with van der Waals surface area (Å²) in [5, 5.41) is 12.8. The molecular weight excluding hydrogens is 370 g/mol. The van der Waals surface area contributed by atoms with Crippen LogP contribution in [0.5, 0.6) is 0 Å². The Hall–Kier alpha value is -3.26. The number of benzene rings is 1. The van der Waals surface area contributed by atoms with E-state index < -0.39 is 5.97 Å². The summed E-state index contributed by atoms with van der Waals surface area (Å²) in [4.78, 5) is 25.0. The minimum atomic E-state index is -0.536.